The number of fused-ring (bicyclic) bond motifs is 1. The van der Waals surface area contributed by atoms with E-state index in [-0.39, 0.29) is 16.5 Å². The lowest BCUT2D eigenvalue weighted by Gasteiger charge is -2.32. The normalized spacial score (nSPS) is 13.5. The van der Waals surface area contributed by atoms with Crippen LogP contribution in [0.4, 0.5) is 13.2 Å². The molecule has 4 rings (SSSR count). The third-order valence-corrected chi connectivity index (χ3v) is 6.44. The molecule has 7 nitrogen and oxygen atoms in total. The van der Waals surface area contributed by atoms with Gasteiger partial charge in [-0.2, -0.15) is 13.9 Å². The Labute approximate surface area is 221 Å². The number of nitrogens with zero attached hydrogens (tertiary/aromatic N) is 3. The Bertz CT molecular complexity index is 1540. The van der Waals surface area contributed by atoms with Crippen molar-refractivity contribution in [3.63, 3.8) is 0 Å². The molecule has 0 spiro atoms. The number of hydrogen-bond acceptors (Lipinski definition) is 4. The lowest BCUT2D eigenvalue weighted by molar-refractivity contribution is -0.145. The van der Waals surface area contributed by atoms with Gasteiger partial charge in [0.2, 0.25) is 5.56 Å². The van der Waals surface area contributed by atoms with Crippen LogP contribution in [0.2, 0.25) is 5.02 Å². The fourth-order valence-electron chi connectivity index (χ4n) is 4.05. The van der Waals surface area contributed by atoms with Crippen molar-refractivity contribution in [1.29, 1.82) is 0 Å². The number of hydrogen-bond donors (Lipinski definition) is 1. The maximum atomic E-state index is 14.4. The minimum atomic E-state index is -3.61. The monoisotopic (exact) mass is 546 g/mol. The van der Waals surface area contributed by atoms with Gasteiger partial charge in [0.25, 0.3) is 5.91 Å². The molecule has 38 heavy (non-hydrogen) atoms. The number of carbonyl (C=O) groups excluding carboxylic acids is 1. The third kappa shape index (κ3) is 5.70. The number of benzene rings is 2. The van der Waals surface area contributed by atoms with Crippen LogP contribution >= 0.6 is 11.6 Å². The first kappa shape index (κ1) is 27.3. The summed E-state index contributed by atoms with van der Waals surface area (Å²) in [6.45, 7) is 3.98. The molecule has 2 aromatic heterocycles. The number of alkyl halides is 2. The molecule has 0 unspecified atom stereocenters. The molecule has 0 saturated carbocycles. The number of carbonyl (C=O) groups is 1. The van der Waals surface area contributed by atoms with E-state index < -0.39 is 29.8 Å². The van der Waals surface area contributed by atoms with Crippen LogP contribution in [0.1, 0.15) is 32.4 Å². The van der Waals surface area contributed by atoms with E-state index >= 15 is 0 Å². The zero-order chi connectivity index (χ0) is 27.8. The molecular weight excluding hydrogens is 521 g/mol. The molecule has 2 heterocycles. The van der Waals surface area contributed by atoms with Crippen molar-refractivity contribution in [2.45, 2.75) is 38.8 Å². The first-order valence-corrected chi connectivity index (χ1v) is 12.2. The van der Waals surface area contributed by atoms with Gasteiger partial charge in [-0.05, 0) is 47.9 Å². The molecule has 0 aliphatic heterocycles. The number of halogens is 4. The van der Waals surface area contributed by atoms with Crippen LogP contribution in [0.15, 0.2) is 65.7 Å². The van der Waals surface area contributed by atoms with Gasteiger partial charge in [0.05, 0.1) is 28.5 Å². The smallest absolute Gasteiger partial charge is 0.321 e. The van der Waals surface area contributed by atoms with Crippen LogP contribution in [0.5, 0.6) is 5.75 Å². The summed E-state index contributed by atoms with van der Waals surface area (Å²) in [5, 5.41) is 7.37. The molecule has 2 atom stereocenters. The molecule has 0 bridgehead atoms. The van der Waals surface area contributed by atoms with E-state index in [0.29, 0.717) is 29.3 Å². The van der Waals surface area contributed by atoms with Gasteiger partial charge in [-0.1, -0.05) is 31.5 Å². The molecule has 0 radical (unpaired) electrons. The SMILES string of the molecule is CC(C)[C@H](NC(=O)C(C)(F)F)[C@H](Oc1ccc2c(cnn2-c2ccc(=O)n(C)c2)c1)c1ccc(Cl)c(F)c1. The Balaban J connectivity index is 1.73. The molecule has 4 aromatic rings. The van der Waals surface area contributed by atoms with Gasteiger partial charge >= 0.3 is 5.92 Å². The van der Waals surface area contributed by atoms with Crippen LogP contribution in [-0.2, 0) is 11.8 Å². The number of amides is 1. The minimum Gasteiger partial charge on any atom is -0.484 e. The fraction of sp³-hybridized carbons (Fsp3) is 0.296. The van der Waals surface area contributed by atoms with Crippen molar-refractivity contribution in [3.05, 3.63) is 87.7 Å². The van der Waals surface area contributed by atoms with Gasteiger partial charge in [0.15, 0.2) is 0 Å². The first-order valence-electron chi connectivity index (χ1n) is 11.8. The molecule has 2 aromatic carbocycles. The molecule has 200 valence electrons. The van der Waals surface area contributed by atoms with Gasteiger partial charge in [0, 0.05) is 31.6 Å². The Hall–Kier alpha value is -3.79. The lowest BCUT2D eigenvalue weighted by Crippen LogP contribution is -2.49. The number of aromatic nitrogens is 3. The second-order valence-electron chi connectivity index (χ2n) is 9.46. The molecule has 0 aliphatic carbocycles. The molecule has 11 heteroatoms. The van der Waals surface area contributed by atoms with Gasteiger partial charge in [-0.25, -0.2) is 9.07 Å². The highest BCUT2D eigenvalue weighted by Crippen LogP contribution is 2.33. The molecule has 0 fully saturated rings. The van der Waals surface area contributed by atoms with Crippen molar-refractivity contribution >= 4 is 28.4 Å². The van der Waals surface area contributed by atoms with E-state index in [1.807, 2.05) is 0 Å². The van der Waals surface area contributed by atoms with Crippen molar-refractivity contribution in [3.8, 4) is 11.4 Å². The van der Waals surface area contributed by atoms with Gasteiger partial charge in [-0.3, -0.25) is 9.59 Å². The third-order valence-electron chi connectivity index (χ3n) is 6.13. The van der Waals surface area contributed by atoms with E-state index in [2.05, 4.69) is 10.4 Å². The Morgan fingerprint density at radius 1 is 1.13 bits per heavy atom. The van der Waals surface area contributed by atoms with Gasteiger partial charge < -0.3 is 14.6 Å². The summed E-state index contributed by atoms with van der Waals surface area (Å²) in [6.07, 6.45) is 2.25. The van der Waals surface area contributed by atoms with Crippen LogP contribution in [0, 0.1) is 11.7 Å². The molecule has 1 amide bonds. The topological polar surface area (TPSA) is 78.2 Å². The fourth-order valence-corrected chi connectivity index (χ4v) is 4.17. The maximum absolute atomic E-state index is 14.4. The quantitative estimate of drug-likeness (QED) is 0.319. The number of ether oxygens (including phenoxy) is 1. The van der Waals surface area contributed by atoms with Crippen molar-refractivity contribution in [2.75, 3.05) is 0 Å². The Morgan fingerprint density at radius 2 is 1.87 bits per heavy atom. The molecule has 0 aliphatic rings. The predicted molar refractivity (Wildman–Crippen MR) is 138 cm³/mol. The average molecular weight is 547 g/mol. The summed E-state index contributed by atoms with van der Waals surface area (Å²) < 4.78 is 51.2. The Kier molecular flexibility index (Phi) is 7.55. The van der Waals surface area contributed by atoms with Crippen molar-refractivity contribution in [1.82, 2.24) is 19.7 Å². The number of aryl methyl sites for hydroxylation is 1. The zero-order valence-corrected chi connectivity index (χ0v) is 21.8. The van der Waals surface area contributed by atoms with E-state index in [9.17, 15) is 22.8 Å². The summed E-state index contributed by atoms with van der Waals surface area (Å²) in [5.74, 6) is -5.80. The molecule has 0 saturated heterocycles. The Morgan fingerprint density at radius 3 is 2.50 bits per heavy atom. The second kappa shape index (κ2) is 10.5. The van der Waals surface area contributed by atoms with E-state index in [1.165, 1.54) is 22.8 Å². The number of rotatable bonds is 8. The average Bonchev–Trinajstić information content (AvgIpc) is 3.27. The van der Waals surface area contributed by atoms with Crippen LogP contribution in [0.25, 0.3) is 16.6 Å². The van der Waals surface area contributed by atoms with Crippen LogP contribution in [0.3, 0.4) is 0 Å². The zero-order valence-electron chi connectivity index (χ0n) is 21.1. The van der Waals surface area contributed by atoms with Crippen LogP contribution < -0.4 is 15.6 Å². The highest BCUT2D eigenvalue weighted by molar-refractivity contribution is 6.30. The van der Waals surface area contributed by atoms with Gasteiger partial charge in [0.1, 0.15) is 17.7 Å². The summed E-state index contributed by atoms with van der Waals surface area (Å²) >= 11 is 5.86. The lowest BCUT2D eigenvalue weighted by atomic mass is 9.92. The van der Waals surface area contributed by atoms with E-state index in [0.717, 1.165) is 11.6 Å². The summed E-state index contributed by atoms with van der Waals surface area (Å²) in [7, 11) is 1.64. The summed E-state index contributed by atoms with van der Waals surface area (Å²) in [4.78, 5) is 24.0. The minimum absolute atomic E-state index is 0.107. The largest absolute Gasteiger partial charge is 0.484 e. The highest BCUT2D eigenvalue weighted by atomic mass is 35.5. The maximum Gasteiger partial charge on any atom is 0.321 e. The van der Waals surface area contributed by atoms with Crippen LogP contribution in [-0.4, -0.2) is 32.2 Å². The van der Waals surface area contributed by atoms with Gasteiger partial charge in [-0.15, -0.1) is 0 Å². The molecule has 1 N–H and O–H groups in total. The predicted octanol–water partition coefficient (Wildman–Crippen LogP) is 5.43. The van der Waals surface area contributed by atoms with Crippen molar-refractivity contribution < 1.29 is 22.7 Å². The van der Waals surface area contributed by atoms with E-state index in [4.69, 9.17) is 16.3 Å². The van der Waals surface area contributed by atoms with E-state index in [1.54, 1.807) is 62.2 Å². The standard InChI is InChI=1S/C27H26ClF3N4O3/c1-15(2)24(33-26(37)27(3,30)31)25(16-5-8-20(28)21(29)12-16)38-19-7-9-22-17(11-19)13-32-35(22)18-6-10-23(36)34(4)14-18/h5-15,24-25H,1-4H3,(H,33,37)/t24-,25+/m0/s1. The first-order chi connectivity index (χ1) is 17.8. The molecular formula is C27H26ClF3N4O3. The summed E-state index contributed by atoms with van der Waals surface area (Å²) in [5.41, 5.74) is 1.56. The number of pyridine rings is 1. The highest BCUT2D eigenvalue weighted by Gasteiger charge is 2.38. The van der Waals surface area contributed by atoms with Crippen molar-refractivity contribution in [2.24, 2.45) is 13.0 Å². The number of nitrogens with one attached hydrogen (secondary N) is 1. The second-order valence-corrected chi connectivity index (χ2v) is 9.86. The summed E-state index contributed by atoms with van der Waals surface area (Å²) in [6, 6.07) is 11.3.